The quantitative estimate of drug-likeness (QED) is 0.798. The molecule has 0 atom stereocenters. The van der Waals surface area contributed by atoms with E-state index in [1.165, 1.54) is 46.3 Å². The fraction of sp³-hybridized carbons (Fsp3) is 0.667. The number of hydrogen-bond acceptors (Lipinski definition) is 5. The van der Waals surface area contributed by atoms with Gasteiger partial charge in [0, 0.05) is 38.3 Å². The van der Waals surface area contributed by atoms with E-state index in [1.54, 1.807) is 22.5 Å². The minimum atomic E-state index is -3.59. The summed E-state index contributed by atoms with van der Waals surface area (Å²) in [7, 11) is -0.573. The summed E-state index contributed by atoms with van der Waals surface area (Å²) in [4.78, 5) is 2.65. The van der Waals surface area contributed by atoms with Crippen molar-refractivity contribution >= 4 is 10.0 Å². The molecule has 0 unspecified atom stereocenters. The molecule has 140 valence electrons. The summed E-state index contributed by atoms with van der Waals surface area (Å²) < 4.78 is 38.2. The van der Waals surface area contributed by atoms with Crippen molar-refractivity contribution in [3.05, 3.63) is 18.2 Å². The fourth-order valence-corrected chi connectivity index (χ4v) is 5.47. The summed E-state index contributed by atoms with van der Waals surface area (Å²) in [6.45, 7) is 2.66. The molecule has 0 spiro atoms. The maximum atomic E-state index is 13.1. The van der Waals surface area contributed by atoms with Crippen LogP contribution in [0.5, 0.6) is 11.5 Å². The average Bonchev–Trinajstić information content (AvgIpc) is 2.68. The number of nitrogens with zero attached hydrogens (tertiary/aromatic N) is 2. The maximum absolute atomic E-state index is 13.1. The summed E-state index contributed by atoms with van der Waals surface area (Å²) >= 11 is 0. The number of rotatable bonds is 5. The topological polar surface area (TPSA) is 59.1 Å². The first kappa shape index (κ1) is 18.5. The van der Waals surface area contributed by atoms with Crippen LogP contribution < -0.4 is 9.47 Å². The van der Waals surface area contributed by atoms with E-state index in [9.17, 15) is 8.42 Å². The molecule has 2 fully saturated rings. The zero-order valence-corrected chi connectivity index (χ0v) is 15.9. The third kappa shape index (κ3) is 3.93. The Bertz CT molecular complexity index is 678. The Kier molecular flexibility index (Phi) is 5.86. The monoisotopic (exact) mass is 368 g/mol. The molecular weight excluding hydrogens is 340 g/mol. The van der Waals surface area contributed by atoms with Crippen molar-refractivity contribution < 1.29 is 17.9 Å². The van der Waals surface area contributed by atoms with Crippen LogP contribution in [0.2, 0.25) is 0 Å². The van der Waals surface area contributed by atoms with Gasteiger partial charge in [-0.1, -0.05) is 19.3 Å². The molecule has 1 saturated carbocycles. The van der Waals surface area contributed by atoms with E-state index in [0.717, 1.165) is 13.1 Å². The summed E-state index contributed by atoms with van der Waals surface area (Å²) in [6, 6.07) is 5.52. The van der Waals surface area contributed by atoms with E-state index >= 15 is 0 Å². The van der Waals surface area contributed by atoms with Crippen LogP contribution in [0.4, 0.5) is 0 Å². The Morgan fingerprint density at radius 3 is 2.24 bits per heavy atom. The lowest BCUT2D eigenvalue weighted by Gasteiger charge is -2.40. The SMILES string of the molecule is COc1ccc(OC)c(S(=O)(=O)N2CCN(C3CCCCC3)CC2)c1. The maximum Gasteiger partial charge on any atom is 0.246 e. The van der Waals surface area contributed by atoms with Gasteiger partial charge in [0.25, 0.3) is 0 Å². The molecule has 0 amide bonds. The number of benzene rings is 1. The number of sulfonamides is 1. The van der Waals surface area contributed by atoms with Crippen LogP contribution in [-0.2, 0) is 10.0 Å². The Labute approximate surface area is 150 Å². The zero-order chi connectivity index (χ0) is 17.9. The van der Waals surface area contributed by atoms with Crippen LogP contribution in [0.1, 0.15) is 32.1 Å². The molecule has 7 heteroatoms. The predicted molar refractivity (Wildman–Crippen MR) is 96.8 cm³/mol. The molecule has 1 aromatic rings. The largest absolute Gasteiger partial charge is 0.497 e. The van der Waals surface area contributed by atoms with Crippen molar-refractivity contribution in [2.45, 2.75) is 43.0 Å². The number of piperazine rings is 1. The van der Waals surface area contributed by atoms with Crippen molar-refractivity contribution in [3.8, 4) is 11.5 Å². The zero-order valence-electron chi connectivity index (χ0n) is 15.1. The summed E-state index contributed by atoms with van der Waals surface area (Å²) in [5.41, 5.74) is 0. The van der Waals surface area contributed by atoms with Crippen LogP contribution in [0.25, 0.3) is 0 Å². The molecule has 1 aliphatic heterocycles. The highest BCUT2D eigenvalue weighted by Crippen LogP contribution is 2.31. The van der Waals surface area contributed by atoms with E-state index in [-0.39, 0.29) is 4.90 Å². The summed E-state index contributed by atoms with van der Waals surface area (Å²) in [6.07, 6.45) is 6.42. The van der Waals surface area contributed by atoms with Gasteiger partial charge in [-0.15, -0.1) is 0 Å². The summed E-state index contributed by atoms with van der Waals surface area (Å²) in [5, 5.41) is 0. The highest BCUT2D eigenvalue weighted by molar-refractivity contribution is 7.89. The second-order valence-electron chi connectivity index (χ2n) is 6.75. The van der Waals surface area contributed by atoms with E-state index in [1.807, 2.05) is 0 Å². The number of hydrogen-bond donors (Lipinski definition) is 0. The summed E-state index contributed by atoms with van der Waals surface area (Å²) in [5.74, 6) is 0.871. The molecular formula is C18H28N2O4S. The molecule has 1 heterocycles. The minimum Gasteiger partial charge on any atom is -0.497 e. The lowest BCUT2D eigenvalue weighted by molar-refractivity contribution is 0.111. The number of ether oxygens (including phenoxy) is 2. The van der Waals surface area contributed by atoms with E-state index < -0.39 is 10.0 Å². The third-order valence-corrected chi connectivity index (χ3v) is 7.27. The first-order valence-corrected chi connectivity index (χ1v) is 10.5. The van der Waals surface area contributed by atoms with Gasteiger partial charge in [0.2, 0.25) is 10.0 Å². The van der Waals surface area contributed by atoms with Crippen molar-refractivity contribution in [1.29, 1.82) is 0 Å². The predicted octanol–water partition coefficient (Wildman–Crippen LogP) is 2.34. The molecule has 0 bridgehead atoms. The van der Waals surface area contributed by atoms with Gasteiger partial charge in [-0.3, -0.25) is 4.90 Å². The molecule has 3 rings (SSSR count). The van der Waals surface area contributed by atoms with Gasteiger partial charge in [-0.25, -0.2) is 8.42 Å². The van der Waals surface area contributed by atoms with E-state index in [0.29, 0.717) is 30.6 Å². The molecule has 1 aliphatic carbocycles. The minimum absolute atomic E-state index is 0.181. The smallest absolute Gasteiger partial charge is 0.246 e. The van der Waals surface area contributed by atoms with Crippen LogP contribution >= 0.6 is 0 Å². The van der Waals surface area contributed by atoms with Crippen LogP contribution in [0.3, 0.4) is 0 Å². The van der Waals surface area contributed by atoms with Crippen LogP contribution in [0, 0.1) is 0 Å². The van der Waals surface area contributed by atoms with Gasteiger partial charge in [-0.2, -0.15) is 4.31 Å². The first-order chi connectivity index (χ1) is 12.1. The van der Waals surface area contributed by atoms with Crippen LogP contribution in [-0.4, -0.2) is 64.1 Å². The van der Waals surface area contributed by atoms with Gasteiger partial charge in [0.1, 0.15) is 16.4 Å². The van der Waals surface area contributed by atoms with Crippen molar-refractivity contribution in [2.75, 3.05) is 40.4 Å². The fourth-order valence-electron chi connectivity index (χ4n) is 3.88. The lowest BCUT2D eigenvalue weighted by atomic mass is 9.94. The molecule has 1 saturated heterocycles. The van der Waals surface area contributed by atoms with Gasteiger partial charge in [-0.05, 0) is 25.0 Å². The molecule has 0 aromatic heterocycles. The molecule has 6 nitrogen and oxygen atoms in total. The lowest BCUT2D eigenvalue weighted by Crippen LogP contribution is -2.52. The van der Waals surface area contributed by atoms with Gasteiger partial charge in [0.05, 0.1) is 14.2 Å². The van der Waals surface area contributed by atoms with Crippen molar-refractivity contribution in [3.63, 3.8) is 0 Å². The Morgan fingerprint density at radius 2 is 1.64 bits per heavy atom. The second kappa shape index (κ2) is 7.93. The second-order valence-corrected chi connectivity index (χ2v) is 8.66. The standard InChI is InChI=1S/C18H28N2O4S/c1-23-16-8-9-17(24-2)18(14-16)25(21,22)20-12-10-19(11-13-20)15-6-4-3-5-7-15/h8-9,14-15H,3-7,10-13H2,1-2H3. The first-order valence-electron chi connectivity index (χ1n) is 9.02. The van der Waals surface area contributed by atoms with Crippen LogP contribution in [0.15, 0.2) is 23.1 Å². The molecule has 0 N–H and O–H groups in total. The number of methoxy groups -OCH3 is 2. The van der Waals surface area contributed by atoms with E-state index in [2.05, 4.69) is 4.90 Å². The average molecular weight is 368 g/mol. The van der Waals surface area contributed by atoms with Gasteiger partial charge < -0.3 is 9.47 Å². The molecule has 0 radical (unpaired) electrons. The van der Waals surface area contributed by atoms with Crippen molar-refractivity contribution in [2.24, 2.45) is 0 Å². The Hall–Kier alpha value is -1.31. The molecule has 1 aromatic carbocycles. The van der Waals surface area contributed by atoms with Gasteiger partial charge in [0.15, 0.2) is 0 Å². The Morgan fingerprint density at radius 1 is 0.960 bits per heavy atom. The van der Waals surface area contributed by atoms with Crippen molar-refractivity contribution in [1.82, 2.24) is 9.21 Å². The normalized spacial score (nSPS) is 21.2. The molecule has 25 heavy (non-hydrogen) atoms. The molecule has 2 aliphatic rings. The Balaban J connectivity index is 1.73. The third-order valence-electron chi connectivity index (χ3n) is 5.35. The van der Waals surface area contributed by atoms with Gasteiger partial charge >= 0.3 is 0 Å². The van der Waals surface area contributed by atoms with E-state index in [4.69, 9.17) is 9.47 Å². The highest BCUT2D eigenvalue weighted by Gasteiger charge is 2.33. The highest BCUT2D eigenvalue weighted by atomic mass is 32.2.